The third-order valence-corrected chi connectivity index (χ3v) is 3.72. The zero-order valence-corrected chi connectivity index (χ0v) is 11.7. The Morgan fingerprint density at radius 2 is 2.11 bits per heavy atom. The zero-order chi connectivity index (χ0) is 14.6. The van der Waals surface area contributed by atoms with Crippen molar-refractivity contribution in [3.63, 3.8) is 0 Å². The second kappa shape index (κ2) is 6.20. The minimum absolute atomic E-state index is 0.116. The molecule has 0 spiro atoms. The van der Waals surface area contributed by atoms with Crippen LogP contribution < -0.4 is 10.6 Å². The zero-order valence-electron chi connectivity index (χ0n) is 10.9. The Bertz CT molecular complexity index is 545. The minimum atomic E-state index is -1.07. The van der Waals surface area contributed by atoms with Gasteiger partial charge in [0.2, 0.25) is 0 Å². The van der Waals surface area contributed by atoms with E-state index in [9.17, 15) is 9.59 Å². The van der Waals surface area contributed by atoms with E-state index in [0.29, 0.717) is 10.6 Å². The van der Waals surface area contributed by atoms with E-state index in [1.807, 2.05) is 6.07 Å². The van der Waals surface area contributed by atoms with Crippen molar-refractivity contribution in [1.82, 2.24) is 5.32 Å². The largest absolute Gasteiger partial charge is 0.478 e. The number of nitriles is 1. The van der Waals surface area contributed by atoms with Crippen LogP contribution in [0.1, 0.15) is 34.1 Å². The molecule has 0 bridgehead atoms. The average molecular weight is 281 g/mol. The quantitative estimate of drug-likeness (QED) is 0.788. The van der Waals surface area contributed by atoms with Gasteiger partial charge in [-0.3, -0.25) is 5.32 Å². The van der Waals surface area contributed by atoms with Crippen molar-refractivity contribution in [1.29, 1.82) is 5.26 Å². The van der Waals surface area contributed by atoms with Gasteiger partial charge in [0.1, 0.15) is 5.00 Å². The summed E-state index contributed by atoms with van der Waals surface area (Å²) in [6.45, 7) is 5.20. The molecule has 2 amide bonds. The lowest BCUT2D eigenvalue weighted by atomic mass is 10.1. The molecule has 0 aliphatic carbocycles. The number of rotatable bonds is 4. The highest BCUT2D eigenvalue weighted by atomic mass is 32.1. The number of anilines is 1. The Hall–Kier alpha value is -2.07. The molecule has 0 saturated heterocycles. The van der Waals surface area contributed by atoms with E-state index in [2.05, 4.69) is 10.6 Å². The molecule has 6 nitrogen and oxygen atoms in total. The molecule has 0 radical (unpaired) electrons. The Kier molecular flexibility index (Phi) is 4.89. The van der Waals surface area contributed by atoms with Gasteiger partial charge >= 0.3 is 12.0 Å². The maximum Gasteiger partial charge on any atom is 0.338 e. The molecule has 1 heterocycles. The SMILES string of the molecule is Cc1sc(NC(=O)NC(C)CC#N)c(C(=O)O)c1C. The van der Waals surface area contributed by atoms with Gasteiger partial charge in [-0.1, -0.05) is 0 Å². The summed E-state index contributed by atoms with van der Waals surface area (Å²) < 4.78 is 0. The molecule has 0 aromatic carbocycles. The Balaban J connectivity index is 2.83. The summed E-state index contributed by atoms with van der Waals surface area (Å²) in [6, 6.07) is 1.15. The Morgan fingerprint density at radius 1 is 1.47 bits per heavy atom. The van der Waals surface area contributed by atoms with Gasteiger partial charge in [-0.2, -0.15) is 5.26 Å². The molecule has 0 aliphatic rings. The van der Waals surface area contributed by atoms with Gasteiger partial charge in [0.05, 0.1) is 18.1 Å². The van der Waals surface area contributed by atoms with Gasteiger partial charge in [-0.05, 0) is 26.3 Å². The maximum absolute atomic E-state index is 11.7. The molecule has 1 atom stereocenters. The van der Waals surface area contributed by atoms with Crippen molar-refractivity contribution in [3.05, 3.63) is 16.0 Å². The molecule has 7 heteroatoms. The van der Waals surface area contributed by atoms with Crippen molar-refractivity contribution in [3.8, 4) is 6.07 Å². The van der Waals surface area contributed by atoms with Gasteiger partial charge in [-0.25, -0.2) is 9.59 Å². The number of carbonyl (C=O) groups excluding carboxylic acids is 1. The molecule has 1 unspecified atom stereocenters. The molecule has 0 fully saturated rings. The number of amides is 2. The molecule has 1 aromatic heterocycles. The third kappa shape index (κ3) is 3.69. The van der Waals surface area contributed by atoms with Gasteiger partial charge in [-0.15, -0.1) is 11.3 Å². The normalized spacial score (nSPS) is 11.5. The predicted molar refractivity (Wildman–Crippen MR) is 72.6 cm³/mol. The van der Waals surface area contributed by atoms with E-state index < -0.39 is 12.0 Å². The fraction of sp³-hybridized carbons (Fsp3) is 0.417. The number of hydrogen-bond donors (Lipinski definition) is 3. The van der Waals surface area contributed by atoms with Gasteiger partial charge < -0.3 is 10.4 Å². The van der Waals surface area contributed by atoms with Gasteiger partial charge in [0, 0.05) is 10.9 Å². The first-order valence-electron chi connectivity index (χ1n) is 5.64. The average Bonchev–Trinajstić information content (AvgIpc) is 2.54. The third-order valence-electron chi connectivity index (χ3n) is 2.60. The van der Waals surface area contributed by atoms with Crippen LogP contribution in [0.3, 0.4) is 0 Å². The predicted octanol–water partition coefficient (Wildman–Crippen LogP) is 2.49. The standard InChI is InChI=1S/C12H15N3O3S/c1-6(4-5-13)14-12(18)15-10-9(11(16)17)7(2)8(3)19-10/h6H,4H2,1-3H3,(H,16,17)(H2,14,15,18). The van der Waals surface area contributed by atoms with Crippen LogP contribution in [0.4, 0.5) is 9.80 Å². The molecule has 3 N–H and O–H groups in total. The van der Waals surface area contributed by atoms with Gasteiger partial charge in [0.25, 0.3) is 0 Å². The van der Waals surface area contributed by atoms with Crippen LogP contribution in [0.15, 0.2) is 0 Å². The van der Waals surface area contributed by atoms with Crippen molar-refractivity contribution in [2.75, 3.05) is 5.32 Å². The van der Waals surface area contributed by atoms with E-state index in [1.54, 1.807) is 20.8 Å². The number of urea groups is 1. The topological polar surface area (TPSA) is 102 Å². The summed E-state index contributed by atoms with van der Waals surface area (Å²) in [7, 11) is 0. The van der Waals surface area contributed by atoms with E-state index >= 15 is 0 Å². The van der Waals surface area contributed by atoms with Crippen molar-refractivity contribution in [2.24, 2.45) is 0 Å². The molecule has 102 valence electrons. The number of carboxylic acid groups (broad SMARTS) is 1. The minimum Gasteiger partial charge on any atom is -0.478 e. The van der Waals surface area contributed by atoms with Crippen LogP contribution in [0.5, 0.6) is 0 Å². The fourth-order valence-electron chi connectivity index (χ4n) is 1.52. The van der Waals surface area contributed by atoms with Crippen LogP contribution in [0, 0.1) is 25.2 Å². The first kappa shape index (κ1) is 15.0. The molecule has 0 saturated carbocycles. The Labute approximate surface area is 115 Å². The lowest BCUT2D eigenvalue weighted by Crippen LogP contribution is -2.35. The number of thiophene rings is 1. The van der Waals surface area contributed by atoms with Gasteiger partial charge in [0.15, 0.2) is 0 Å². The van der Waals surface area contributed by atoms with Crippen molar-refractivity contribution in [2.45, 2.75) is 33.2 Å². The number of hydrogen-bond acceptors (Lipinski definition) is 4. The summed E-state index contributed by atoms with van der Waals surface area (Å²) in [6.07, 6.45) is 0.196. The molecule has 19 heavy (non-hydrogen) atoms. The number of aryl methyl sites for hydroxylation is 1. The molecular weight excluding hydrogens is 266 g/mol. The van der Waals surface area contributed by atoms with E-state index in [1.165, 1.54) is 11.3 Å². The lowest BCUT2D eigenvalue weighted by Gasteiger charge is -2.11. The number of carboxylic acids is 1. The van der Waals surface area contributed by atoms with E-state index in [-0.39, 0.29) is 18.0 Å². The number of carbonyl (C=O) groups is 2. The summed E-state index contributed by atoms with van der Waals surface area (Å²) >= 11 is 1.22. The molecule has 0 aliphatic heterocycles. The lowest BCUT2D eigenvalue weighted by molar-refractivity contribution is 0.0697. The molecular formula is C12H15N3O3S. The highest BCUT2D eigenvalue weighted by molar-refractivity contribution is 7.16. The van der Waals surface area contributed by atoms with Crippen molar-refractivity contribution >= 4 is 28.3 Å². The summed E-state index contributed by atoms with van der Waals surface area (Å²) in [5, 5.41) is 23.0. The smallest absolute Gasteiger partial charge is 0.338 e. The highest BCUT2D eigenvalue weighted by Gasteiger charge is 2.20. The molecule has 1 rings (SSSR count). The van der Waals surface area contributed by atoms with E-state index in [0.717, 1.165) is 4.88 Å². The van der Waals surface area contributed by atoms with Crippen LogP contribution in [0.25, 0.3) is 0 Å². The first-order chi connectivity index (χ1) is 8.86. The number of nitrogens with zero attached hydrogens (tertiary/aromatic N) is 1. The number of aromatic carboxylic acids is 1. The fourth-order valence-corrected chi connectivity index (χ4v) is 2.57. The van der Waals surface area contributed by atoms with E-state index in [4.69, 9.17) is 10.4 Å². The Morgan fingerprint density at radius 3 is 2.63 bits per heavy atom. The summed E-state index contributed by atoms with van der Waals surface area (Å²) in [5.41, 5.74) is 0.767. The highest BCUT2D eigenvalue weighted by Crippen LogP contribution is 2.32. The summed E-state index contributed by atoms with van der Waals surface area (Å²) in [5.74, 6) is -1.07. The van der Waals surface area contributed by atoms with Crippen LogP contribution in [-0.4, -0.2) is 23.1 Å². The van der Waals surface area contributed by atoms with Crippen molar-refractivity contribution < 1.29 is 14.7 Å². The first-order valence-corrected chi connectivity index (χ1v) is 6.46. The second-order valence-corrected chi connectivity index (χ2v) is 5.38. The monoisotopic (exact) mass is 281 g/mol. The maximum atomic E-state index is 11.7. The number of nitrogens with one attached hydrogen (secondary N) is 2. The van der Waals surface area contributed by atoms with Crippen LogP contribution in [0.2, 0.25) is 0 Å². The molecule has 1 aromatic rings. The van der Waals surface area contributed by atoms with Crippen LogP contribution in [-0.2, 0) is 0 Å². The summed E-state index contributed by atoms with van der Waals surface area (Å²) in [4.78, 5) is 23.7. The second-order valence-electron chi connectivity index (χ2n) is 4.15. The van der Waals surface area contributed by atoms with Crippen LogP contribution >= 0.6 is 11.3 Å².